The summed E-state index contributed by atoms with van der Waals surface area (Å²) in [6.45, 7) is 0. The average Bonchev–Trinajstić information content (AvgIpc) is 2.46. The number of hydrogen-bond acceptors (Lipinski definition) is 5. The van der Waals surface area contributed by atoms with E-state index in [9.17, 15) is 4.79 Å². The maximum atomic E-state index is 10.7. The Bertz CT molecular complexity index is 548. The van der Waals surface area contributed by atoms with Gasteiger partial charge in [-0.2, -0.15) is 9.97 Å². The zero-order valence-electron chi connectivity index (χ0n) is 10.1. The number of carbonyl (C=O) groups excluding carboxylic acids is 1. The van der Waals surface area contributed by atoms with Crippen molar-refractivity contribution in [3.05, 3.63) is 35.9 Å². The van der Waals surface area contributed by atoms with E-state index in [4.69, 9.17) is 9.47 Å². The molecule has 0 amide bonds. The van der Waals surface area contributed by atoms with Crippen molar-refractivity contribution in [2.75, 3.05) is 14.2 Å². The van der Waals surface area contributed by atoms with Crippen LogP contribution in [0.15, 0.2) is 30.3 Å². The highest BCUT2D eigenvalue weighted by Crippen LogP contribution is 2.22. The molecule has 0 spiro atoms. The molecule has 0 unspecified atom stereocenters. The molecule has 0 bridgehead atoms. The molecular weight excluding hydrogens is 232 g/mol. The Hall–Kier alpha value is -2.43. The van der Waals surface area contributed by atoms with E-state index in [-0.39, 0.29) is 0 Å². The van der Waals surface area contributed by atoms with Crippen LogP contribution in [0.5, 0.6) is 11.8 Å². The van der Waals surface area contributed by atoms with Gasteiger partial charge >= 0.3 is 0 Å². The minimum atomic E-state index is 0.411. The number of ether oxygens (including phenoxy) is 2. The number of carbonyl (C=O) groups is 1. The summed E-state index contributed by atoms with van der Waals surface area (Å²) in [5.74, 6) is 1.27. The van der Waals surface area contributed by atoms with Gasteiger partial charge < -0.3 is 9.47 Å². The van der Waals surface area contributed by atoms with Crippen molar-refractivity contribution in [1.82, 2.24) is 9.97 Å². The number of rotatable bonds is 4. The lowest BCUT2D eigenvalue weighted by molar-refractivity contribution is 0.112. The molecule has 5 nitrogen and oxygen atoms in total. The van der Waals surface area contributed by atoms with Gasteiger partial charge in [0.2, 0.25) is 11.8 Å². The highest BCUT2D eigenvalue weighted by molar-refractivity contribution is 5.77. The Labute approximate surface area is 104 Å². The molecule has 0 aliphatic rings. The van der Waals surface area contributed by atoms with Gasteiger partial charge in [-0.15, -0.1) is 0 Å². The van der Waals surface area contributed by atoms with Crippen LogP contribution in [0.1, 0.15) is 10.4 Å². The standard InChI is InChI=1S/C13H12N2O3/c1-17-11-7-12(18-2)15-13(14-11)10-5-3-4-9(6-10)8-16/h3-8H,1-2H3. The van der Waals surface area contributed by atoms with Crippen LogP contribution in [0.2, 0.25) is 0 Å². The molecule has 0 saturated carbocycles. The summed E-state index contributed by atoms with van der Waals surface area (Å²) < 4.78 is 10.1. The molecular formula is C13H12N2O3. The molecule has 5 heteroatoms. The number of hydrogen-bond donors (Lipinski definition) is 0. The van der Waals surface area contributed by atoms with Gasteiger partial charge in [0.15, 0.2) is 5.82 Å². The van der Waals surface area contributed by atoms with Crippen LogP contribution in [-0.4, -0.2) is 30.5 Å². The minimum absolute atomic E-state index is 0.411. The van der Waals surface area contributed by atoms with Gasteiger partial charge in [0.25, 0.3) is 0 Å². The van der Waals surface area contributed by atoms with E-state index in [0.717, 1.165) is 11.8 Å². The smallest absolute Gasteiger partial charge is 0.220 e. The van der Waals surface area contributed by atoms with Crippen molar-refractivity contribution in [3.8, 4) is 23.1 Å². The molecule has 0 aliphatic heterocycles. The summed E-state index contributed by atoms with van der Waals surface area (Å²) in [6, 6.07) is 8.61. The first kappa shape index (κ1) is 12.0. The van der Waals surface area contributed by atoms with E-state index in [1.165, 1.54) is 14.2 Å². The predicted molar refractivity (Wildman–Crippen MR) is 66.0 cm³/mol. The Kier molecular flexibility index (Phi) is 3.52. The summed E-state index contributed by atoms with van der Waals surface area (Å²) in [4.78, 5) is 19.2. The van der Waals surface area contributed by atoms with Gasteiger partial charge in [-0.05, 0) is 6.07 Å². The average molecular weight is 244 g/mol. The molecule has 0 radical (unpaired) electrons. The summed E-state index contributed by atoms with van der Waals surface area (Å²) in [7, 11) is 3.04. The second-order valence-electron chi connectivity index (χ2n) is 3.52. The van der Waals surface area contributed by atoms with Gasteiger partial charge in [0.1, 0.15) is 6.29 Å². The van der Waals surface area contributed by atoms with Crippen molar-refractivity contribution < 1.29 is 14.3 Å². The Morgan fingerprint density at radius 1 is 1.06 bits per heavy atom. The molecule has 2 aromatic rings. The quantitative estimate of drug-likeness (QED) is 0.769. The van der Waals surface area contributed by atoms with E-state index in [2.05, 4.69) is 9.97 Å². The van der Waals surface area contributed by atoms with Crippen molar-refractivity contribution in [2.45, 2.75) is 0 Å². The normalized spacial score (nSPS) is 9.89. The molecule has 1 aromatic heterocycles. The summed E-state index contributed by atoms with van der Waals surface area (Å²) in [6.07, 6.45) is 0.779. The van der Waals surface area contributed by atoms with Gasteiger partial charge in [-0.3, -0.25) is 4.79 Å². The van der Waals surface area contributed by atoms with Gasteiger partial charge in [0.05, 0.1) is 20.3 Å². The van der Waals surface area contributed by atoms with Crippen LogP contribution in [-0.2, 0) is 0 Å². The minimum Gasteiger partial charge on any atom is -0.481 e. The zero-order chi connectivity index (χ0) is 13.0. The summed E-state index contributed by atoms with van der Waals surface area (Å²) >= 11 is 0. The SMILES string of the molecule is COc1cc(OC)nc(-c2cccc(C=O)c2)n1. The zero-order valence-corrected chi connectivity index (χ0v) is 10.1. The maximum absolute atomic E-state index is 10.7. The molecule has 1 heterocycles. The molecule has 0 N–H and O–H groups in total. The van der Waals surface area contributed by atoms with Crippen molar-refractivity contribution >= 4 is 6.29 Å². The van der Waals surface area contributed by atoms with Crippen LogP contribution in [0.25, 0.3) is 11.4 Å². The highest BCUT2D eigenvalue weighted by Gasteiger charge is 2.08. The fourth-order valence-electron chi connectivity index (χ4n) is 1.49. The maximum Gasteiger partial charge on any atom is 0.220 e. The lowest BCUT2D eigenvalue weighted by Gasteiger charge is -2.06. The Morgan fingerprint density at radius 3 is 2.28 bits per heavy atom. The van der Waals surface area contributed by atoms with Crippen LogP contribution < -0.4 is 9.47 Å². The number of methoxy groups -OCH3 is 2. The van der Waals surface area contributed by atoms with E-state index >= 15 is 0 Å². The summed E-state index contributed by atoms with van der Waals surface area (Å²) in [5, 5.41) is 0. The first-order chi connectivity index (χ1) is 8.76. The topological polar surface area (TPSA) is 61.3 Å². The van der Waals surface area contributed by atoms with Crippen LogP contribution >= 0.6 is 0 Å². The molecule has 18 heavy (non-hydrogen) atoms. The largest absolute Gasteiger partial charge is 0.481 e. The third kappa shape index (κ3) is 2.45. The molecule has 0 atom stereocenters. The highest BCUT2D eigenvalue weighted by atomic mass is 16.5. The lowest BCUT2D eigenvalue weighted by Crippen LogP contribution is -1.97. The molecule has 0 fully saturated rings. The third-order valence-electron chi connectivity index (χ3n) is 2.38. The predicted octanol–water partition coefficient (Wildman–Crippen LogP) is 1.97. The second-order valence-corrected chi connectivity index (χ2v) is 3.52. The van der Waals surface area contributed by atoms with E-state index in [0.29, 0.717) is 23.1 Å². The number of aromatic nitrogens is 2. The van der Waals surface area contributed by atoms with Crippen LogP contribution in [0.3, 0.4) is 0 Å². The van der Waals surface area contributed by atoms with Gasteiger partial charge in [0, 0.05) is 11.1 Å². The van der Waals surface area contributed by atoms with Gasteiger partial charge in [-0.1, -0.05) is 18.2 Å². The van der Waals surface area contributed by atoms with E-state index in [1.54, 1.807) is 24.3 Å². The van der Waals surface area contributed by atoms with Gasteiger partial charge in [-0.25, -0.2) is 0 Å². The first-order valence-corrected chi connectivity index (χ1v) is 5.29. The molecule has 0 saturated heterocycles. The lowest BCUT2D eigenvalue weighted by atomic mass is 10.1. The number of aldehydes is 1. The number of nitrogens with zero attached hydrogens (tertiary/aromatic N) is 2. The molecule has 1 aromatic carbocycles. The van der Waals surface area contributed by atoms with E-state index in [1.807, 2.05) is 6.07 Å². The fraction of sp³-hybridized carbons (Fsp3) is 0.154. The van der Waals surface area contributed by atoms with Crippen molar-refractivity contribution in [1.29, 1.82) is 0 Å². The fourth-order valence-corrected chi connectivity index (χ4v) is 1.49. The first-order valence-electron chi connectivity index (χ1n) is 5.29. The summed E-state index contributed by atoms with van der Waals surface area (Å²) in [5.41, 5.74) is 1.30. The molecule has 0 aliphatic carbocycles. The third-order valence-corrected chi connectivity index (χ3v) is 2.38. The second kappa shape index (κ2) is 5.27. The van der Waals surface area contributed by atoms with Crippen molar-refractivity contribution in [3.63, 3.8) is 0 Å². The Morgan fingerprint density at radius 2 is 1.72 bits per heavy atom. The van der Waals surface area contributed by atoms with Crippen LogP contribution in [0, 0.1) is 0 Å². The monoisotopic (exact) mass is 244 g/mol. The van der Waals surface area contributed by atoms with E-state index < -0.39 is 0 Å². The number of benzene rings is 1. The van der Waals surface area contributed by atoms with Crippen molar-refractivity contribution in [2.24, 2.45) is 0 Å². The molecule has 92 valence electrons. The molecule has 2 rings (SSSR count). The van der Waals surface area contributed by atoms with Crippen LogP contribution in [0.4, 0.5) is 0 Å². The Balaban J connectivity index is 2.51.